The molecule has 0 amide bonds. The summed E-state index contributed by atoms with van der Waals surface area (Å²) < 4.78 is 5.59. The van der Waals surface area contributed by atoms with Crippen LogP contribution in [0.25, 0.3) is 0 Å². The molecule has 0 radical (unpaired) electrons. The largest absolute Gasteiger partial charge is 0.459 e. The summed E-state index contributed by atoms with van der Waals surface area (Å²) in [6, 6.07) is 6.71. The zero-order valence-electron chi connectivity index (χ0n) is 14.6. The summed E-state index contributed by atoms with van der Waals surface area (Å²) in [4.78, 5) is 12.4. The van der Waals surface area contributed by atoms with Crippen molar-refractivity contribution in [3.8, 4) is 0 Å². The molecular weight excluding hydrogens is 272 g/mol. The molecule has 2 heteroatoms. The number of hydrogen-bond acceptors (Lipinski definition) is 2. The van der Waals surface area contributed by atoms with Gasteiger partial charge in [0.2, 0.25) is 0 Å². The standard InChI is InChI=1S/C20H30O2/c1-5-6-7-8-9-15-10-11-16-12-13-17(18(16)14-15)19(21)22-20(2,3)4/h10-11,14,17H,5-9,12-13H2,1-4H3. The Morgan fingerprint density at radius 3 is 2.68 bits per heavy atom. The summed E-state index contributed by atoms with van der Waals surface area (Å²) in [5.41, 5.74) is 3.50. The number of benzene rings is 1. The molecule has 2 rings (SSSR count). The predicted molar refractivity (Wildman–Crippen MR) is 91.2 cm³/mol. The lowest BCUT2D eigenvalue weighted by Gasteiger charge is -2.22. The molecule has 1 aromatic rings. The van der Waals surface area contributed by atoms with Crippen LogP contribution in [-0.4, -0.2) is 11.6 Å². The van der Waals surface area contributed by atoms with E-state index in [4.69, 9.17) is 4.74 Å². The van der Waals surface area contributed by atoms with Gasteiger partial charge in [0.05, 0.1) is 5.92 Å². The van der Waals surface area contributed by atoms with Crippen molar-refractivity contribution in [1.82, 2.24) is 0 Å². The maximum Gasteiger partial charge on any atom is 0.313 e. The maximum absolute atomic E-state index is 12.4. The average Bonchev–Trinajstić information content (AvgIpc) is 2.85. The fourth-order valence-corrected chi connectivity index (χ4v) is 3.18. The van der Waals surface area contributed by atoms with Gasteiger partial charge in [0, 0.05) is 0 Å². The first kappa shape index (κ1) is 17.1. The normalized spacial score (nSPS) is 17.4. The van der Waals surface area contributed by atoms with Crippen molar-refractivity contribution in [3.05, 3.63) is 34.9 Å². The van der Waals surface area contributed by atoms with Gasteiger partial charge in [-0.05, 0) is 63.1 Å². The number of fused-ring (bicyclic) bond motifs is 1. The molecule has 1 atom stereocenters. The van der Waals surface area contributed by atoms with Crippen LogP contribution in [0.5, 0.6) is 0 Å². The molecular formula is C20H30O2. The van der Waals surface area contributed by atoms with Crippen molar-refractivity contribution in [2.75, 3.05) is 0 Å². The third-order valence-electron chi connectivity index (χ3n) is 4.30. The van der Waals surface area contributed by atoms with Gasteiger partial charge in [0.1, 0.15) is 5.60 Å². The van der Waals surface area contributed by atoms with Crippen LogP contribution in [0, 0.1) is 0 Å². The van der Waals surface area contributed by atoms with Crippen molar-refractivity contribution in [2.45, 2.75) is 84.2 Å². The van der Waals surface area contributed by atoms with Crippen LogP contribution in [-0.2, 0) is 22.4 Å². The van der Waals surface area contributed by atoms with E-state index in [2.05, 4.69) is 25.1 Å². The molecule has 0 saturated heterocycles. The van der Waals surface area contributed by atoms with Crippen LogP contribution in [0.15, 0.2) is 18.2 Å². The first-order chi connectivity index (χ1) is 10.4. The Hall–Kier alpha value is -1.31. The third kappa shape index (κ3) is 4.59. The second-order valence-electron chi connectivity index (χ2n) is 7.47. The van der Waals surface area contributed by atoms with Gasteiger partial charge in [0.25, 0.3) is 0 Å². The highest BCUT2D eigenvalue weighted by molar-refractivity contribution is 5.80. The second-order valence-corrected chi connectivity index (χ2v) is 7.47. The zero-order chi connectivity index (χ0) is 16.2. The van der Waals surface area contributed by atoms with E-state index < -0.39 is 5.60 Å². The molecule has 0 N–H and O–H groups in total. The van der Waals surface area contributed by atoms with Crippen molar-refractivity contribution in [1.29, 1.82) is 0 Å². The van der Waals surface area contributed by atoms with E-state index in [1.165, 1.54) is 42.4 Å². The lowest BCUT2D eigenvalue weighted by atomic mass is 9.96. The third-order valence-corrected chi connectivity index (χ3v) is 4.30. The van der Waals surface area contributed by atoms with Gasteiger partial charge in [-0.15, -0.1) is 0 Å². The number of carbonyl (C=O) groups excluding carboxylic acids is 1. The van der Waals surface area contributed by atoms with Crippen LogP contribution in [0.3, 0.4) is 0 Å². The topological polar surface area (TPSA) is 26.3 Å². The highest BCUT2D eigenvalue weighted by Crippen LogP contribution is 2.35. The van der Waals surface area contributed by atoms with E-state index in [1.807, 2.05) is 20.8 Å². The second kappa shape index (κ2) is 7.30. The fraction of sp³-hybridized carbons (Fsp3) is 0.650. The number of hydrogen-bond donors (Lipinski definition) is 0. The SMILES string of the molecule is CCCCCCc1ccc2c(c1)C(C(=O)OC(C)(C)C)CC2. The van der Waals surface area contributed by atoms with Crippen LogP contribution in [0.4, 0.5) is 0 Å². The molecule has 0 saturated carbocycles. The van der Waals surface area contributed by atoms with E-state index >= 15 is 0 Å². The van der Waals surface area contributed by atoms with Crippen LogP contribution in [0.1, 0.15) is 82.4 Å². The van der Waals surface area contributed by atoms with E-state index in [1.54, 1.807) is 0 Å². The Kier molecular flexibility index (Phi) is 5.66. The molecule has 1 aromatic carbocycles. The van der Waals surface area contributed by atoms with Gasteiger partial charge >= 0.3 is 5.97 Å². The number of carbonyl (C=O) groups is 1. The van der Waals surface area contributed by atoms with E-state index in [0.717, 1.165) is 19.3 Å². The molecule has 22 heavy (non-hydrogen) atoms. The minimum atomic E-state index is -0.405. The molecule has 122 valence electrons. The Morgan fingerprint density at radius 2 is 2.00 bits per heavy atom. The number of ether oxygens (including phenoxy) is 1. The minimum Gasteiger partial charge on any atom is -0.459 e. The number of unbranched alkanes of at least 4 members (excludes halogenated alkanes) is 3. The molecule has 1 aliphatic carbocycles. The number of aryl methyl sites for hydroxylation is 2. The molecule has 0 spiro atoms. The predicted octanol–water partition coefficient (Wildman–Crippen LogP) is 5.18. The van der Waals surface area contributed by atoms with Gasteiger partial charge < -0.3 is 4.74 Å². The van der Waals surface area contributed by atoms with Crippen molar-refractivity contribution in [2.24, 2.45) is 0 Å². The first-order valence-corrected chi connectivity index (χ1v) is 8.75. The average molecular weight is 302 g/mol. The van der Waals surface area contributed by atoms with Crippen molar-refractivity contribution >= 4 is 5.97 Å². The molecule has 0 aliphatic heterocycles. The maximum atomic E-state index is 12.4. The zero-order valence-corrected chi connectivity index (χ0v) is 14.6. The van der Waals surface area contributed by atoms with Gasteiger partial charge in [-0.2, -0.15) is 0 Å². The van der Waals surface area contributed by atoms with Crippen molar-refractivity contribution < 1.29 is 9.53 Å². The van der Waals surface area contributed by atoms with E-state index in [-0.39, 0.29) is 11.9 Å². The highest BCUT2D eigenvalue weighted by Gasteiger charge is 2.32. The summed E-state index contributed by atoms with van der Waals surface area (Å²) in [7, 11) is 0. The van der Waals surface area contributed by atoms with E-state index in [0.29, 0.717) is 0 Å². The van der Waals surface area contributed by atoms with Crippen LogP contribution >= 0.6 is 0 Å². The summed E-state index contributed by atoms with van der Waals surface area (Å²) in [6.07, 6.45) is 8.12. The van der Waals surface area contributed by atoms with Gasteiger partial charge in [-0.1, -0.05) is 44.4 Å². The highest BCUT2D eigenvalue weighted by atomic mass is 16.6. The lowest BCUT2D eigenvalue weighted by molar-refractivity contribution is -0.156. The van der Waals surface area contributed by atoms with Gasteiger partial charge in [-0.3, -0.25) is 4.79 Å². The van der Waals surface area contributed by atoms with Crippen LogP contribution < -0.4 is 0 Å². The molecule has 1 unspecified atom stereocenters. The smallest absolute Gasteiger partial charge is 0.313 e. The van der Waals surface area contributed by atoms with Gasteiger partial charge in [0.15, 0.2) is 0 Å². The molecule has 0 heterocycles. The lowest BCUT2D eigenvalue weighted by Crippen LogP contribution is -2.27. The molecule has 0 bridgehead atoms. The number of rotatable bonds is 6. The number of esters is 1. The quantitative estimate of drug-likeness (QED) is 0.534. The monoisotopic (exact) mass is 302 g/mol. The van der Waals surface area contributed by atoms with E-state index in [9.17, 15) is 4.79 Å². The summed E-state index contributed by atoms with van der Waals surface area (Å²) in [5.74, 6) is -0.126. The van der Waals surface area contributed by atoms with Gasteiger partial charge in [-0.25, -0.2) is 0 Å². The van der Waals surface area contributed by atoms with Crippen molar-refractivity contribution in [3.63, 3.8) is 0 Å². The summed E-state index contributed by atoms with van der Waals surface area (Å²) >= 11 is 0. The molecule has 0 fully saturated rings. The molecule has 0 aromatic heterocycles. The summed E-state index contributed by atoms with van der Waals surface area (Å²) in [5, 5.41) is 0. The Balaban J connectivity index is 2.04. The molecule has 2 nitrogen and oxygen atoms in total. The van der Waals surface area contributed by atoms with Crippen LogP contribution in [0.2, 0.25) is 0 Å². The fourth-order valence-electron chi connectivity index (χ4n) is 3.18. The molecule has 1 aliphatic rings. The summed E-state index contributed by atoms with van der Waals surface area (Å²) in [6.45, 7) is 8.04. The minimum absolute atomic E-state index is 0.0608. The Morgan fingerprint density at radius 1 is 1.23 bits per heavy atom. The Labute approximate surface area is 135 Å². The first-order valence-electron chi connectivity index (χ1n) is 8.75. The Bertz CT molecular complexity index is 511.